The molecule has 1 atom stereocenters. The van der Waals surface area contributed by atoms with Crippen molar-refractivity contribution in [2.75, 3.05) is 12.8 Å². The average molecular weight is 254 g/mol. The van der Waals surface area contributed by atoms with Crippen LogP contribution in [0.5, 0.6) is 0 Å². The zero-order valence-corrected chi connectivity index (χ0v) is 11.2. The Morgan fingerprint density at radius 2 is 1.63 bits per heavy atom. The smallest absolute Gasteiger partial charge is 0.254 e. The number of nitrogens with zero attached hydrogens (tertiary/aromatic N) is 1. The Kier molecular flexibility index (Phi) is 3.85. The molecule has 3 heteroatoms. The molecule has 1 unspecified atom stereocenters. The molecule has 2 aromatic rings. The third kappa shape index (κ3) is 2.94. The Morgan fingerprint density at radius 3 is 2.21 bits per heavy atom. The number of hydrogen-bond acceptors (Lipinski definition) is 2. The van der Waals surface area contributed by atoms with Crippen molar-refractivity contribution in [2.24, 2.45) is 0 Å². The van der Waals surface area contributed by atoms with Crippen molar-refractivity contribution >= 4 is 11.6 Å². The molecule has 2 N–H and O–H groups in total. The van der Waals surface area contributed by atoms with Crippen LogP contribution in [0, 0.1) is 0 Å². The number of nitrogens with two attached hydrogens (primary N) is 1. The van der Waals surface area contributed by atoms with Crippen molar-refractivity contribution in [1.82, 2.24) is 4.90 Å². The molecular formula is C16H18N2O. The van der Waals surface area contributed by atoms with Gasteiger partial charge in [0.2, 0.25) is 0 Å². The molecule has 0 aliphatic heterocycles. The largest absolute Gasteiger partial charge is 0.399 e. The summed E-state index contributed by atoms with van der Waals surface area (Å²) in [5.41, 5.74) is 8.06. The standard InChI is InChI=1S/C16H18N2O/c1-12(13-6-4-3-5-7-13)18(2)16(19)14-8-10-15(17)11-9-14/h3-12H,17H2,1-2H3. The van der Waals surface area contributed by atoms with Gasteiger partial charge in [0.15, 0.2) is 0 Å². The van der Waals surface area contributed by atoms with E-state index in [1.54, 1.807) is 29.2 Å². The van der Waals surface area contributed by atoms with Gasteiger partial charge in [-0.3, -0.25) is 4.79 Å². The second-order valence-electron chi connectivity index (χ2n) is 4.62. The fraction of sp³-hybridized carbons (Fsp3) is 0.188. The Morgan fingerprint density at radius 1 is 1.05 bits per heavy atom. The maximum atomic E-state index is 12.4. The van der Waals surface area contributed by atoms with E-state index in [1.807, 2.05) is 44.3 Å². The van der Waals surface area contributed by atoms with Gasteiger partial charge in [0.1, 0.15) is 0 Å². The third-order valence-electron chi connectivity index (χ3n) is 3.34. The summed E-state index contributed by atoms with van der Waals surface area (Å²) in [6.45, 7) is 2.02. The number of benzene rings is 2. The molecular weight excluding hydrogens is 236 g/mol. The van der Waals surface area contributed by atoms with Gasteiger partial charge in [-0.05, 0) is 36.8 Å². The van der Waals surface area contributed by atoms with Crippen LogP contribution in [0.4, 0.5) is 5.69 Å². The van der Waals surface area contributed by atoms with Crippen molar-refractivity contribution in [1.29, 1.82) is 0 Å². The van der Waals surface area contributed by atoms with Crippen molar-refractivity contribution in [3.8, 4) is 0 Å². The normalized spacial score (nSPS) is 11.9. The quantitative estimate of drug-likeness (QED) is 0.855. The highest BCUT2D eigenvalue weighted by atomic mass is 16.2. The van der Waals surface area contributed by atoms with Gasteiger partial charge in [-0.2, -0.15) is 0 Å². The fourth-order valence-corrected chi connectivity index (χ4v) is 1.96. The summed E-state index contributed by atoms with van der Waals surface area (Å²) in [7, 11) is 1.82. The molecule has 98 valence electrons. The lowest BCUT2D eigenvalue weighted by Crippen LogP contribution is -2.29. The third-order valence-corrected chi connectivity index (χ3v) is 3.34. The van der Waals surface area contributed by atoms with Crippen LogP contribution < -0.4 is 5.73 Å². The number of rotatable bonds is 3. The number of carbonyl (C=O) groups excluding carboxylic acids is 1. The van der Waals surface area contributed by atoms with Crippen molar-refractivity contribution in [2.45, 2.75) is 13.0 Å². The average Bonchev–Trinajstić information content (AvgIpc) is 2.46. The second-order valence-corrected chi connectivity index (χ2v) is 4.62. The zero-order chi connectivity index (χ0) is 13.8. The summed E-state index contributed by atoms with van der Waals surface area (Å²) < 4.78 is 0. The lowest BCUT2D eigenvalue weighted by molar-refractivity contribution is 0.0742. The highest BCUT2D eigenvalue weighted by Gasteiger charge is 2.18. The topological polar surface area (TPSA) is 46.3 Å². The predicted molar refractivity (Wildman–Crippen MR) is 77.8 cm³/mol. The van der Waals surface area contributed by atoms with E-state index in [1.165, 1.54) is 0 Å². The van der Waals surface area contributed by atoms with Gasteiger partial charge in [-0.25, -0.2) is 0 Å². The number of anilines is 1. The Labute approximate surface area is 113 Å². The minimum absolute atomic E-state index is 0.00338. The molecule has 0 aliphatic carbocycles. The Hall–Kier alpha value is -2.29. The first-order valence-corrected chi connectivity index (χ1v) is 6.27. The van der Waals surface area contributed by atoms with Gasteiger partial charge < -0.3 is 10.6 Å². The van der Waals surface area contributed by atoms with E-state index in [0.29, 0.717) is 11.3 Å². The first-order valence-electron chi connectivity index (χ1n) is 6.27. The number of nitrogen functional groups attached to an aromatic ring is 1. The molecule has 19 heavy (non-hydrogen) atoms. The Balaban J connectivity index is 2.17. The highest BCUT2D eigenvalue weighted by Crippen LogP contribution is 2.20. The first kappa shape index (κ1) is 13.1. The molecule has 0 aromatic heterocycles. The molecule has 1 amide bonds. The SMILES string of the molecule is CC(c1ccccc1)N(C)C(=O)c1ccc(N)cc1. The number of hydrogen-bond donors (Lipinski definition) is 1. The van der Waals surface area contributed by atoms with Crippen LogP contribution in [0.1, 0.15) is 28.9 Å². The van der Waals surface area contributed by atoms with Gasteiger partial charge in [0.05, 0.1) is 6.04 Å². The van der Waals surface area contributed by atoms with Crippen LogP contribution in [0.3, 0.4) is 0 Å². The van der Waals surface area contributed by atoms with E-state index in [4.69, 9.17) is 5.73 Å². The van der Waals surface area contributed by atoms with Crippen molar-refractivity contribution < 1.29 is 4.79 Å². The Bertz CT molecular complexity index is 549. The molecule has 0 saturated heterocycles. The molecule has 0 radical (unpaired) electrons. The van der Waals surface area contributed by atoms with Crippen molar-refractivity contribution in [3.05, 3.63) is 65.7 Å². The minimum atomic E-state index is -0.00338. The molecule has 0 bridgehead atoms. The highest BCUT2D eigenvalue weighted by molar-refractivity contribution is 5.94. The monoisotopic (exact) mass is 254 g/mol. The van der Waals surface area contributed by atoms with Gasteiger partial charge in [0.25, 0.3) is 5.91 Å². The molecule has 2 aromatic carbocycles. The summed E-state index contributed by atoms with van der Waals surface area (Å²) in [6.07, 6.45) is 0. The maximum absolute atomic E-state index is 12.4. The van der Waals surface area contributed by atoms with Crippen molar-refractivity contribution in [3.63, 3.8) is 0 Å². The summed E-state index contributed by atoms with van der Waals surface area (Å²) in [5.74, 6) is -0.00338. The lowest BCUT2D eigenvalue weighted by atomic mass is 10.1. The van der Waals surface area contributed by atoms with Crippen LogP contribution in [-0.2, 0) is 0 Å². The van der Waals surface area contributed by atoms with E-state index in [9.17, 15) is 4.79 Å². The maximum Gasteiger partial charge on any atom is 0.254 e. The first-order chi connectivity index (χ1) is 9.09. The summed E-state index contributed by atoms with van der Waals surface area (Å²) in [6, 6.07) is 17.0. The molecule has 0 aliphatic rings. The van der Waals surface area contributed by atoms with Crippen LogP contribution in [0.25, 0.3) is 0 Å². The van der Waals surface area contributed by atoms with Gasteiger partial charge in [-0.15, -0.1) is 0 Å². The minimum Gasteiger partial charge on any atom is -0.399 e. The molecule has 3 nitrogen and oxygen atoms in total. The number of amides is 1. The molecule has 2 rings (SSSR count). The number of carbonyl (C=O) groups is 1. The summed E-state index contributed by atoms with van der Waals surface area (Å²) in [4.78, 5) is 14.1. The van der Waals surface area contributed by atoms with E-state index < -0.39 is 0 Å². The molecule has 0 spiro atoms. The predicted octanol–water partition coefficient (Wildman–Crippen LogP) is 3.10. The van der Waals surface area contributed by atoms with Crippen LogP contribution >= 0.6 is 0 Å². The molecule has 0 heterocycles. The van der Waals surface area contributed by atoms with E-state index >= 15 is 0 Å². The molecule has 0 saturated carbocycles. The zero-order valence-electron chi connectivity index (χ0n) is 11.2. The van der Waals surface area contributed by atoms with Gasteiger partial charge >= 0.3 is 0 Å². The second kappa shape index (κ2) is 5.57. The summed E-state index contributed by atoms with van der Waals surface area (Å²) in [5, 5.41) is 0. The van der Waals surface area contributed by atoms with Crippen LogP contribution in [-0.4, -0.2) is 17.9 Å². The van der Waals surface area contributed by atoms with E-state index in [-0.39, 0.29) is 11.9 Å². The van der Waals surface area contributed by atoms with E-state index in [2.05, 4.69) is 0 Å². The van der Waals surface area contributed by atoms with Crippen LogP contribution in [0.2, 0.25) is 0 Å². The van der Waals surface area contributed by atoms with Crippen LogP contribution in [0.15, 0.2) is 54.6 Å². The lowest BCUT2D eigenvalue weighted by Gasteiger charge is -2.25. The van der Waals surface area contributed by atoms with Gasteiger partial charge in [-0.1, -0.05) is 30.3 Å². The van der Waals surface area contributed by atoms with Gasteiger partial charge in [0, 0.05) is 18.3 Å². The van der Waals surface area contributed by atoms with E-state index in [0.717, 1.165) is 5.56 Å². The molecule has 0 fully saturated rings. The fourth-order valence-electron chi connectivity index (χ4n) is 1.96. The summed E-state index contributed by atoms with van der Waals surface area (Å²) >= 11 is 0.